The smallest absolute Gasteiger partial charge is 0.338 e. The summed E-state index contributed by atoms with van der Waals surface area (Å²) in [5.41, 5.74) is 1.15. The van der Waals surface area contributed by atoms with Crippen LogP contribution < -0.4 is 10.1 Å². The van der Waals surface area contributed by atoms with E-state index in [1.54, 1.807) is 12.1 Å². The first-order chi connectivity index (χ1) is 14.2. The van der Waals surface area contributed by atoms with Crippen LogP contribution >= 0.6 is 0 Å². The second kappa shape index (κ2) is 10.0. The first-order valence-electron chi connectivity index (χ1n) is 8.81. The van der Waals surface area contributed by atoms with Gasteiger partial charge in [0, 0.05) is 18.8 Å². The molecule has 0 atom stereocenters. The Morgan fingerprint density at radius 3 is 2.40 bits per heavy atom. The van der Waals surface area contributed by atoms with Gasteiger partial charge in [0.1, 0.15) is 0 Å². The number of hydrogen-bond acceptors (Lipinski definition) is 7. The lowest BCUT2D eigenvalue weighted by Crippen LogP contribution is -2.37. The van der Waals surface area contributed by atoms with Crippen LogP contribution in [0.25, 0.3) is 0 Å². The highest BCUT2D eigenvalue weighted by Crippen LogP contribution is 2.28. The molecule has 1 N–H and O–H groups in total. The number of nitro groups is 1. The molecular formula is C20H21N3O7. The second-order valence-electron chi connectivity index (χ2n) is 6.38. The van der Waals surface area contributed by atoms with Gasteiger partial charge in [-0.1, -0.05) is 17.7 Å². The van der Waals surface area contributed by atoms with Crippen molar-refractivity contribution >= 4 is 29.2 Å². The van der Waals surface area contributed by atoms with E-state index in [0.717, 1.165) is 23.6 Å². The quantitative estimate of drug-likeness (QED) is 0.397. The zero-order valence-corrected chi connectivity index (χ0v) is 16.7. The van der Waals surface area contributed by atoms with Crippen molar-refractivity contribution in [1.82, 2.24) is 4.90 Å². The molecular weight excluding hydrogens is 394 g/mol. The molecule has 2 aromatic rings. The number of rotatable bonds is 8. The summed E-state index contributed by atoms with van der Waals surface area (Å²) in [4.78, 5) is 47.5. The number of ether oxygens (including phenoxy) is 2. The van der Waals surface area contributed by atoms with Gasteiger partial charge < -0.3 is 19.7 Å². The molecule has 0 radical (unpaired) electrons. The second-order valence-corrected chi connectivity index (χ2v) is 6.38. The first kappa shape index (κ1) is 22.3. The van der Waals surface area contributed by atoms with E-state index in [1.807, 2.05) is 19.1 Å². The topological polar surface area (TPSA) is 128 Å². The van der Waals surface area contributed by atoms with Crippen LogP contribution in [-0.2, 0) is 14.3 Å². The Morgan fingerprint density at radius 1 is 1.13 bits per heavy atom. The Balaban J connectivity index is 1.95. The number of carbonyl (C=O) groups is 3. The maximum Gasteiger partial charge on any atom is 0.338 e. The van der Waals surface area contributed by atoms with E-state index in [1.165, 1.54) is 19.2 Å². The molecule has 0 saturated carbocycles. The van der Waals surface area contributed by atoms with Gasteiger partial charge in [-0.25, -0.2) is 4.79 Å². The van der Waals surface area contributed by atoms with Crippen LogP contribution in [0.2, 0.25) is 0 Å². The van der Waals surface area contributed by atoms with Gasteiger partial charge >= 0.3 is 11.7 Å². The standard InChI is InChI=1S/C20H21N3O7/c1-13-4-7-15(8-5-13)21-18(24)11-22(2)19(25)12-30-17-9-6-14(20(26)29-3)10-16(17)23(27)28/h4-10H,11-12H2,1-3H3,(H,21,24). The normalized spacial score (nSPS) is 10.1. The summed E-state index contributed by atoms with van der Waals surface area (Å²) < 4.78 is 9.77. The number of nitro benzene ring substituents is 1. The van der Waals surface area contributed by atoms with Crippen LogP contribution in [0.4, 0.5) is 11.4 Å². The number of aryl methyl sites for hydroxylation is 1. The minimum absolute atomic E-state index is 0.0206. The molecule has 0 bridgehead atoms. The van der Waals surface area contributed by atoms with E-state index >= 15 is 0 Å². The highest BCUT2D eigenvalue weighted by atomic mass is 16.6. The SMILES string of the molecule is COC(=O)c1ccc(OCC(=O)N(C)CC(=O)Nc2ccc(C)cc2)c([N+](=O)[O-])c1. The predicted octanol–water partition coefficient (Wildman–Crippen LogP) is 2.17. The third-order valence-electron chi connectivity index (χ3n) is 4.07. The van der Waals surface area contributed by atoms with Crippen molar-refractivity contribution in [3.8, 4) is 5.75 Å². The summed E-state index contributed by atoms with van der Waals surface area (Å²) in [6, 6.07) is 10.7. The van der Waals surface area contributed by atoms with E-state index < -0.39 is 35.0 Å². The van der Waals surface area contributed by atoms with E-state index in [4.69, 9.17) is 4.74 Å². The molecule has 10 nitrogen and oxygen atoms in total. The van der Waals surface area contributed by atoms with Crippen molar-refractivity contribution in [3.05, 3.63) is 63.7 Å². The van der Waals surface area contributed by atoms with Gasteiger partial charge in [-0.2, -0.15) is 0 Å². The molecule has 0 saturated heterocycles. The van der Waals surface area contributed by atoms with Gasteiger partial charge in [-0.05, 0) is 31.2 Å². The molecule has 0 aliphatic heterocycles. The molecule has 0 aromatic heterocycles. The first-order valence-corrected chi connectivity index (χ1v) is 8.81. The molecule has 0 spiro atoms. The van der Waals surface area contributed by atoms with Crippen molar-refractivity contribution in [1.29, 1.82) is 0 Å². The van der Waals surface area contributed by atoms with Crippen LogP contribution in [0.1, 0.15) is 15.9 Å². The van der Waals surface area contributed by atoms with E-state index in [2.05, 4.69) is 10.1 Å². The molecule has 2 aromatic carbocycles. The molecule has 2 rings (SSSR count). The number of hydrogen-bond donors (Lipinski definition) is 1. The largest absolute Gasteiger partial charge is 0.477 e. The zero-order valence-electron chi connectivity index (χ0n) is 16.7. The zero-order chi connectivity index (χ0) is 22.3. The minimum Gasteiger partial charge on any atom is -0.477 e. The third-order valence-corrected chi connectivity index (χ3v) is 4.07. The Morgan fingerprint density at radius 2 is 1.80 bits per heavy atom. The molecule has 0 aliphatic carbocycles. The van der Waals surface area contributed by atoms with Crippen LogP contribution in [0.5, 0.6) is 5.75 Å². The van der Waals surface area contributed by atoms with Gasteiger partial charge in [-0.3, -0.25) is 19.7 Å². The van der Waals surface area contributed by atoms with Crippen molar-refractivity contribution < 1.29 is 28.8 Å². The van der Waals surface area contributed by atoms with E-state index in [0.29, 0.717) is 5.69 Å². The number of amides is 2. The van der Waals surface area contributed by atoms with Gasteiger partial charge in [0.05, 0.1) is 24.1 Å². The maximum atomic E-state index is 12.2. The number of esters is 1. The summed E-state index contributed by atoms with van der Waals surface area (Å²) in [5.74, 6) is -1.87. The lowest BCUT2D eigenvalue weighted by molar-refractivity contribution is -0.385. The van der Waals surface area contributed by atoms with Gasteiger partial charge in [0.25, 0.3) is 5.91 Å². The molecule has 10 heteroatoms. The monoisotopic (exact) mass is 415 g/mol. The summed E-state index contributed by atoms with van der Waals surface area (Å²) >= 11 is 0. The van der Waals surface area contributed by atoms with Crippen molar-refractivity contribution in [2.75, 3.05) is 32.6 Å². The lowest BCUT2D eigenvalue weighted by Gasteiger charge is -2.17. The molecule has 0 fully saturated rings. The number of benzene rings is 2. The minimum atomic E-state index is -0.736. The Kier molecular flexibility index (Phi) is 7.45. The maximum absolute atomic E-state index is 12.2. The highest BCUT2D eigenvalue weighted by molar-refractivity contribution is 5.94. The molecule has 2 amide bonds. The fourth-order valence-corrected chi connectivity index (χ4v) is 2.42. The Hall–Kier alpha value is -3.95. The van der Waals surface area contributed by atoms with Gasteiger partial charge in [0.2, 0.25) is 5.91 Å². The molecule has 0 unspecified atom stereocenters. The fourth-order valence-electron chi connectivity index (χ4n) is 2.42. The molecule has 0 heterocycles. The van der Waals surface area contributed by atoms with E-state index in [9.17, 15) is 24.5 Å². The highest BCUT2D eigenvalue weighted by Gasteiger charge is 2.21. The summed E-state index contributed by atoms with van der Waals surface area (Å²) in [6.07, 6.45) is 0. The van der Waals surface area contributed by atoms with Crippen molar-refractivity contribution in [3.63, 3.8) is 0 Å². The Bertz CT molecular complexity index is 957. The van der Waals surface area contributed by atoms with Crippen LogP contribution in [0, 0.1) is 17.0 Å². The fraction of sp³-hybridized carbons (Fsp3) is 0.250. The molecule has 158 valence electrons. The summed E-state index contributed by atoms with van der Waals surface area (Å²) in [5, 5.41) is 13.9. The van der Waals surface area contributed by atoms with Gasteiger partial charge in [-0.15, -0.1) is 0 Å². The molecule has 0 aliphatic rings. The van der Waals surface area contributed by atoms with Crippen molar-refractivity contribution in [2.24, 2.45) is 0 Å². The lowest BCUT2D eigenvalue weighted by atomic mass is 10.2. The average Bonchev–Trinajstić information content (AvgIpc) is 2.72. The summed E-state index contributed by atoms with van der Waals surface area (Å²) in [7, 11) is 2.57. The van der Waals surface area contributed by atoms with E-state index in [-0.39, 0.29) is 17.9 Å². The van der Waals surface area contributed by atoms with Gasteiger partial charge in [0.15, 0.2) is 12.4 Å². The number of nitrogens with one attached hydrogen (secondary N) is 1. The number of likely N-dealkylation sites (N-methyl/N-ethyl adjacent to an activating group) is 1. The van der Waals surface area contributed by atoms with Crippen molar-refractivity contribution in [2.45, 2.75) is 6.92 Å². The Labute approximate surface area is 172 Å². The van der Waals surface area contributed by atoms with Crippen LogP contribution in [0.15, 0.2) is 42.5 Å². The number of carbonyl (C=O) groups excluding carboxylic acids is 3. The van der Waals surface area contributed by atoms with Crippen LogP contribution in [-0.4, -0.2) is 54.9 Å². The third kappa shape index (κ3) is 6.03. The number of methoxy groups -OCH3 is 1. The average molecular weight is 415 g/mol. The molecule has 30 heavy (non-hydrogen) atoms. The summed E-state index contributed by atoms with van der Waals surface area (Å²) in [6.45, 7) is 1.18. The number of anilines is 1. The number of nitrogens with zero attached hydrogens (tertiary/aromatic N) is 2. The predicted molar refractivity (Wildman–Crippen MR) is 107 cm³/mol. The van der Waals surface area contributed by atoms with Crippen LogP contribution in [0.3, 0.4) is 0 Å².